The molecule has 0 aliphatic rings. The number of rotatable bonds is 11. The summed E-state index contributed by atoms with van der Waals surface area (Å²) in [6.45, 7) is 13.5. The summed E-state index contributed by atoms with van der Waals surface area (Å²) in [5.74, 6) is 1.69. The lowest BCUT2D eigenvalue weighted by molar-refractivity contribution is 1.02. The Morgan fingerprint density at radius 1 is 0.338 bits per heavy atom. The summed E-state index contributed by atoms with van der Waals surface area (Å²) < 4.78 is 0. The highest BCUT2D eigenvalue weighted by Crippen LogP contribution is 2.41. The van der Waals surface area contributed by atoms with E-state index in [4.69, 9.17) is 15.0 Å². The van der Waals surface area contributed by atoms with Crippen molar-refractivity contribution in [2.45, 2.75) is 41.5 Å². The lowest BCUT2D eigenvalue weighted by Gasteiger charge is -2.28. The molecule has 4 nitrogen and oxygen atoms in total. The van der Waals surface area contributed by atoms with Crippen LogP contribution in [0.1, 0.15) is 33.4 Å². The Hall–Kier alpha value is -8.15. The quantitative estimate of drug-likeness (QED) is 0.121. The first-order chi connectivity index (χ1) is 33.2. The van der Waals surface area contributed by atoms with Gasteiger partial charge in [-0.2, -0.15) is 9.97 Å². The minimum Gasteiger partial charge on any atom is -0.278 e. The van der Waals surface area contributed by atoms with E-state index in [0.717, 1.165) is 55.9 Å². The lowest BCUT2D eigenvalue weighted by atomic mass is 9.34. The van der Waals surface area contributed by atoms with E-state index in [0.29, 0.717) is 17.6 Å². The molecule has 0 fully saturated rings. The zero-order chi connectivity index (χ0) is 46.7. The van der Waals surface area contributed by atoms with E-state index in [-0.39, 0.29) is 6.71 Å². The first kappa shape index (κ1) is 43.7. The Morgan fingerprint density at radius 3 is 1.22 bits per heavy atom. The zero-order valence-electron chi connectivity index (χ0n) is 39.6. The van der Waals surface area contributed by atoms with Crippen molar-refractivity contribution < 1.29 is 0 Å². The van der Waals surface area contributed by atoms with E-state index in [9.17, 15) is 0 Å². The molecule has 0 amide bonds. The van der Waals surface area contributed by atoms with Crippen molar-refractivity contribution >= 4 is 40.4 Å². The molecule has 328 valence electrons. The topological polar surface area (TPSA) is 41.9 Å². The highest BCUT2D eigenvalue weighted by atomic mass is 15.3. The number of anilines is 3. The van der Waals surface area contributed by atoms with Crippen LogP contribution in [0.5, 0.6) is 0 Å². The number of hydrogen-bond acceptors (Lipinski definition) is 4. The normalized spacial score (nSPS) is 11.1. The number of aryl methyl sites for hydroxylation is 6. The summed E-state index contributed by atoms with van der Waals surface area (Å²) in [6.07, 6.45) is 0. The van der Waals surface area contributed by atoms with E-state index in [1.807, 2.05) is 18.2 Å². The van der Waals surface area contributed by atoms with Gasteiger partial charge >= 0.3 is 0 Å². The largest absolute Gasteiger partial charge is 0.278 e. The highest BCUT2D eigenvalue weighted by molar-refractivity contribution is 6.96. The SMILES string of the molecule is Cc1cc(C)c(B(c2ccc(N(c3nc(-c4ccccc4)nc(-c4cc(-c5ccccc5)cc(-c5ccccc5)c4)n3)c3ccccc3-c3ccccc3)cc2)c2c(C)cc(C)cc2C)c(C)c1. The maximum atomic E-state index is 5.51. The molecule has 0 atom stereocenters. The first-order valence-electron chi connectivity index (χ1n) is 23.5. The van der Waals surface area contributed by atoms with Crippen molar-refractivity contribution in [2.24, 2.45) is 0 Å². The number of benzene rings is 9. The molecule has 0 bridgehead atoms. The van der Waals surface area contributed by atoms with Crippen molar-refractivity contribution in [3.8, 4) is 56.2 Å². The van der Waals surface area contributed by atoms with Gasteiger partial charge in [0.15, 0.2) is 11.6 Å². The van der Waals surface area contributed by atoms with Crippen LogP contribution in [0, 0.1) is 41.5 Å². The Balaban J connectivity index is 1.21. The standard InChI is InChI=1S/C63H53BN4/c1-42-35-44(3)59(45(4)36-42)64(60-46(5)37-43(2)38-47(60)6)55-31-33-56(34-32-55)68(58-30-20-19-29-57(58)50-25-15-9-16-26-50)63-66-61(51-27-17-10-18-28-51)65-62(67-63)54-40-52(48-21-11-7-12-22-48)39-53(41-54)49-23-13-8-14-24-49/h7-41H,1-6H3. The van der Waals surface area contributed by atoms with Crippen molar-refractivity contribution in [2.75, 3.05) is 4.90 Å². The average molecular weight is 877 g/mol. The van der Waals surface area contributed by atoms with Crippen molar-refractivity contribution in [3.05, 3.63) is 246 Å². The molecule has 10 rings (SSSR count). The van der Waals surface area contributed by atoms with E-state index in [2.05, 4.69) is 241 Å². The predicted octanol–water partition coefficient (Wildman–Crippen LogP) is 14.0. The second-order valence-electron chi connectivity index (χ2n) is 18.0. The van der Waals surface area contributed by atoms with Crippen LogP contribution >= 0.6 is 0 Å². The molecule has 10 aromatic rings. The Morgan fingerprint density at radius 2 is 0.735 bits per heavy atom. The van der Waals surface area contributed by atoms with Crippen molar-refractivity contribution in [3.63, 3.8) is 0 Å². The van der Waals surface area contributed by atoms with Crippen molar-refractivity contribution in [1.29, 1.82) is 0 Å². The van der Waals surface area contributed by atoms with E-state index in [1.54, 1.807) is 0 Å². The first-order valence-corrected chi connectivity index (χ1v) is 23.5. The predicted molar refractivity (Wildman–Crippen MR) is 288 cm³/mol. The fourth-order valence-corrected chi connectivity index (χ4v) is 10.1. The summed E-state index contributed by atoms with van der Waals surface area (Å²) in [5.41, 5.74) is 21.9. The third-order valence-electron chi connectivity index (χ3n) is 13.0. The second kappa shape index (κ2) is 19.0. The van der Waals surface area contributed by atoms with Crippen LogP contribution in [0.2, 0.25) is 0 Å². The maximum Gasteiger partial charge on any atom is 0.242 e. The molecule has 0 aliphatic carbocycles. The number of hydrogen-bond donors (Lipinski definition) is 0. The van der Waals surface area contributed by atoms with Crippen LogP contribution in [-0.2, 0) is 0 Å². The summed E-state index contributed by atoms with van der Waals surface area (Å²) in [5, 5.41) is 0. The monoisotopic (exact) mass is 876 g/mol. The van der Waals surface area contributed by atoms with Crippen molar-refractivity contribution in [1.82, 2.24) is 15.0 Å². The van der Waals surface area contributed by atoms with E-state index < -0.39 is 0 Å². The molecule has 9 aromatic carbocycles. The van der Waals surface area contributed by atoms with E-state index in [1.165, 1.54) is 49.8 Å². The Labute approximate surface area is 401 Å². The van der Waals surface area contributed by atoms with Crippen LogP contribution in [-0.4, -0.2) is 21.7 Å². The van der Waals surface area contributed by atoms with Gasteiger partial charge in [-0.1, -0.05) is 226 Å². The van der Waals surface area contributed by atoms with Gasteiger partial charge in [0, 0.05) is 22.4 Å². The van der Waals surface area contributed by atoms with Gasteiger partial charge in [0.25, 0.3) is 0 Å². The highest BCUT2D eigenvalue weighted by Gasteiger charge is 2.30. The Kier molecular flexibility index (Phi) is 12.2. The lowest BCUT2D eigenvalue weighted by Crippen LogP contribution is -2.55. The molecule has 0 N–H and O–H groups in total. The summed E-state index contributed by atoms with van der Waals surface area (Å²) in [4.78, 5) is 18.4. The maximum absolute atomic E-state index is 5.51. The molecule has 0 saturated heterocycles. The summed E-state index contributed by atoms with van der Waals surface area (Å²) >= 11 is 0. The summed E-state index contributed by atoms with van der Waals surface area (Å²) in [6, 6.07) is 75.5. The van der Waals surface area contributed by atoms with Gasteiger partial charge in [-0.25, -0.2) is 4.98 Å². The fourth-order valence-electron chi connectivity index (χ4n) is 10.1. The molecular weight excluding hydrogens is 824 g/mol. The van der Waals surface area contributed by atoms with Crippen LogP contribution in [0.3, 0.4) is 0 Å². The van der Waals surface area contributed by atoms with Gasteiger partial charge < -0.3 is 0 Å². The Bertz CT molecular complexity index is 3230. The van der Waals surface area contributed by atoms with Gasteiger partial charge in [0.1, 0.15) is 0 Å². The molecule has 68 heavy (non-hydrogen) atoms. The zero-order valence-corrected chi connectivity index (χ0v) is 39.6. The van der Waals surface area contributed by atoms with Crippen LogP contribution in [0.15, 0.2) is 212 Å². The van der Waals surface area contributed by atoms with E-state index >= 15 is 0 Å². The molecule has 1 aromatic heterocycles. The van der Waals surface area contributed by atoms with Gasteiger partial charge in [0.2, 0.25) is 12.7 Å². The smallest absolute Gasteiger partial charge is 0.242 e. The third-order valence-corrected chi connectivity index (χ3v) is 13.0. The van der Waals surface area contributed by atoms with Gasteiger partial charge in [-0.05, 0) is 106 Å². The molecular formula is C63H53BN4. The average Bonchev–Trinajstić information content (AvgIpc) is 3.37. The van der Waals surface area contributed by atoms with Gasteiger partial charge in [-0.15, -0.1) is 0 Å². The molecule has 0 radical (unpaired) electrons. The number of nitrogens with zero attached hydrogens (tertiary/aromatic N) is 4. The minimum absolute atomic E-state index is 0.0273. The fraction of sp³-hybridized carbons (Fsp3) is 0.0952. The van der Waals surface area contributed by atoms with Gasteiger partial charge in [0.05, 0.1) is 5.69 Å². The minimum atomic E-state index is 0.0273. The number of aromatic nitrogens is 3. The van der Waals surface area contributed by atoms with Crippen LogP contribution in [0.25, 0.3) is 56.2 Å². The molecule has 0 spiro atoms. The third kappa shape index (κ3) is 8.91. The van der Waals surface area contributed by atoms with Crippen LogP contribution < -0.4 is 21.3 Å². The molecule has 5 heteroatoms. The summed E-state index contributed by atoms with van der Waals surface area (Å²) in [7, 11) is 0. The molecule has 1 heterocycles. The molecule has 0 saturated carbocycles. The molecule has 0 aliphatic heterocycles. The second-order valence-corrected chi connectivity index (χ2v) is 18.0. The van der Waals surface area contributed by atoms with Gasteiger partial charge in [-0.3, -0.25) is 4.90 Å². The molecule has 0 unspecified atom stereocenters. The number of para-hydroxylation sites is 1. The van der Waals surface area contributed by atoms with Crippen LogP contribution in [0.4, 0.5) is 17.3 Å².